The summed E-state index contributed by atoms with van der Waals surface area (Å²) in [5, 5.41) is 12.8. The number of nitrogens with one attached hydrogen (secondary N) is 1. The Bertz CT molecular complexity index is 786. The van der Waals surface area contributed by atoms with Gasteiger partial charge in [-0.3, -0.25) is 4.79 Å². The molecule has 0 saturated heterocycles. The normalized spacial score (nSPS) is 15.0. The van der Waals surface area contributed by atoms with Gasteiger partial charge in [0.05, 0.1) is 0 Å². The summed E-state index contributed by atoms with van der Waals surface area (Å²) >= 11 is 9.15. The molecular formula is C17H13BrClNO2. The summed E-state index contributed by atoms with van der Waals surface area (Å²) in [4.78, 5) is 12.2. The lowest BCUT2D eigenvalue weighted by atomic mass is 10.0. The van der Waals surface area contributed by atoms with Crippen LogP contribution in [0.15, 0.2) is 40.9 Å². The molecule has 2 aromatic carbocycles. The van der Waals surface area contributed by atoms with E-state index in [4.69, 9.17) is 11.6 Å². The third-order valence-corrected chi connectivity index (χ3v) is 4.22. The van der Waals surface area contributed by atoms with Crippen molar-refractivity contribution in [3.8, 4) is 5.75 Å². The van der Waals surface area contributed by atoms with Crippen LogP contribution in [0.4, 0.5) is 5.69 Å². The van der Waals surface area contributed by atoms with Crippen molar-refractivity contribution in [2.75, 3.05) is 11.2 Å². The topological polar surface area (TPSA) is 49.3 Å². The Labute approximate surface area is 141 Å². The van der Waals surface area contributed by atoms with Crippen molar-refractivity contribution in [3.63, 3.8) is 0 Å². The number of anilines is 1. The largest absolute Gasteiger partial charge is 0.507 e. The van der Waals surface area contributed by atoms with Gasteiger partial charge in [-0.1, -0.05) is 22.0 Å². The number of fused-ring (bicyclic) bond motifs is 1. The highest BCUT2D eigenvalue weighted by Crippen LogP contribution is 2.35. The Balaban J connectivity index is 2.09. The molecule has 3 nitrogen and oxygen atoms in total. The third-order valence-electron chi connectivity index (χ3n) is 3.54. The van der Waals surface area contributed by atoms with Gasteiger partial charge in [-0.15, -0.1) is 11.6 Å². The van der Waals surface area contributed by atoms with Crippen LogP contribution in [0.3, 0.4) is 0 Å². The van der Waals surface area contributed by atoms with Gasteiger partial charge in [0.15, 0.2) is 0 Å². The van der Waals surface area contributed by atoms with Crippen LogP contribution in [-0.4, -0.2) is 16.9 Å². The van der Waals surface area contributed by atoms with Crippen molar-refractivity contribution in [1.82, 2.24) is 0 Å². The predicted octanol–water partition coefficient (Wildman–Crippen LogP) is 4.43. The quantitative estimate of drug-likeness (QED) is 0.613. The van der Waals surface area contributed by atoms with Crippen molar-refractivity contribution in [3.05, 3.63) is 57.6 Å². The maximum Gasteiger partial charge on any atom is 0.256 e. The summed E-state index contributed by atoms with van der Waals surface area (Å²) < 4.78 is 0.840. The molecule has 112 valence electrons. The molecule has 2 aromatic rings. The second kappa shape index (κ2) is 6.15. The van der Waals surface area contributed by atoms with Gasteiger partial charge in [0, 0.05) is 32.7 Å². The Morgan fingerprint density at radius 1 is 1.23 bits per heavy atom. The number of phenolic OH excluding ortho intramolecular Hbond substituents is 1. The smallest absolute Gasteiger partial charge is 0.256 e. The Kier molecular flexibility index (Phi) is 4.23. The van der Waals surface area contributed by atoms with Gasteiger partial charge in [0.2, 0.25) is 0 Å². The first-order chi connectivity index (χ1) is 10.6. The minimum Gasteiger partial charge on any atom is -0.507 e. The molecule has 0 unspecified atom stereocenters. The molecule has 0 fully saturated rings. The maximum atomic E-state index is 12.2. The number of aromatic hydroxyl groups is 1. The van der Waals surface area contributed by atoms with E-state index in [0.717, 1.165) is 27.7 Å². The van der Waals surface area contributed by atoms with E-state index in [1.165, 1.54) is 0 Å². The number of carbonyl (C=O) groups excluding carboxylic acids is 1. The molecule has 3 rings (SSSR count). The standard InChI is InChI=1S/C17H13BrClNO2/c18-12-2-4-16(21)11(8-12)9-14-13-7-10(5-6-19)1-3-15(13)20-17(14)22/h1-4,7-9,21H,5-6H2,(H,20,22). The SMILES string of the molecule is O=C1Nc2ccc(CCCl)cc2C1=Cc1cc(Br)ccc1O. The van der Waals surface area contributed by atoms with Gasteiger partial charge in [-0.2, -0.15) is 0 Å². The third kappa shape index (κ3) is 2.89. The van der Waals surface area contributed by atoms with Crippen molar-refractivity contribution < 1.29 is 9.90 Å². The molecule has 2 N–H and O–H groups in total. The minimum atomic E-state index is -0.169. The lowest BCUT2D eigenvalue weighted by Crippen LogP contribution is -2.03. The molecule has 0 aromatic heterocycles. The molecular weight excluding hydrogens is 366 g/mol. The first-order valence-corrected chi connectivity index (χ1v) is 8.12. The first kappa shape index (κ1) is 15.1. The fourth-order valence-electron chi connectivity index (χ4n) is 2.44. The number of aryl methyl sites for hydroxylation is 1. The maximum absolute atomic E-state index is 12.2. The van der Waals surface area contributed by atoms with Crippen LogP contribution in [-0.2, 0) is 11.2 Å². The van der Waals surface area contributed by atoms with E-state index in [-0.39, 0.29) is 11.7 Å². The molecule has 0 radical (unpaired) electrons. The molecule has 1 amide bonds. The number of carbonyl (C=O) groups is 1. The van der Waals surface area contributed by atoms with E-state index in [1.54, 1.807) is 24.3 Å². The Morgan fingerprint density at radius 2 is 2.05 bits per heavy atom. The molecule has 0 aliphatic carbocycles. The highest BCUT2D eigenvalue weighted by Gasteiger charge is 2.24. The molecule has 0 bridgehead atoms. The monoisotopic (exact) mass is 377 g/mol. The van der Waals surface area contributed by atoms with Gasteiger partial charge in [-0.25, -0.2) is 0 Å². The molecule has 0 atom stereocenters. The van der Waals surface area contributed by atoms with E-state index < -0.39 is 0 Å². The number of halogens is 2. The average molecular weight is 379 g/mol. The van der Waals surface area contributed by atoms with Crippen LogP contribution in [0.1, 0.15) is 16.7 Å². The van der Waals surface area contributed by atoms with E-state index in [0.29, 0.717) is 17.0 Å². The minimum absolute atomic E-state index is 0.133. The number of amides is 1. The second-order valence-electron chi connectivity index (χ2n) is 5.03. The van der Waals surface area contributed by atoms with E-state index in [2.05, 4.69) is 21.2 Å². The summed E-state index contributed by atoms with van der Waals surface area (Å²) in [5.74, 6) is 0.497. The van der Waals surface area contributed by atoms with E-state index in [1.807, 2.05) is 18.2 Å². The number of hydrogen-bond donors (Lipinski definition) is 2. The Morgan fingerprint density at radius 3 is 2.82 bits per heavy atom. The second-order valence-corrected chi connectivity index (χ2v) is 6.33. The van der Waals surface area contributed by atoms with Crippen molar-refractivity contribution in [2.45, 2.75) is 6.42 Å². The fourth-order valence-corrected chi connectivity index (χ4v) is 3.04. The highest BCUT2D eigenvalue weighted by molar-refractivity contribution is 9.10. The van der Waals surface area contributed by atoms with Crippen LogP contribution in [0.25, 0.3) is 11.6 Å². The van der Waals surface area contributed by atoms with Crippen LogP contribution < -0.4 is 5.32 Å². The molecule has 5 heteroatoms. The number of hydrogen-bond acceptors (Lipinski definition) is 2. The summed E-state index contributed by atoms with van der Waals surface area (Å²) in [6.45, 7) is 0. The zero-order valence-corrected chi connectivity index (χ0v) is 13.9. The summed E-state index contributed by atoms with van der Waals surface area (Å²) in [6.07, 6.45) is 2.45. The average Bonchev–Trinajstić information content (AvgIpc) is 2.79. The first-order valence-electron chi connectivity index (χ1n) is 6.79. The van der Waals surface area contributed by atoms with Gasteiger partial charge >= 0.3 is 0 Å². The van der Waals surface area contributed by atoms with Crippen LogP contribution in [0.2, 0.25) is 0 Å². The zero-order chi connectivity index (χ0) is 15.7. The predicted molar refractivity (Wildman–Crippen MR) is 93.2 cm³/mol. The molecule has 0 spiro atoms. The van der Waals surface area contributed by atoms with Crippen LogP contribution in [0.5, 0.6) is 5.75 Å². The van der Waals surface area contributed by atoms with Crippen LogP contribution in [0, 0.1) is 0 Å². The van der Waals surface area contributed by atoms with E-state index in [9.17, 15) is 9.90 Å². The van der Waals surface area contributed by atoms with Gasteiger partial charge in [0.1, 0.15) is 5.75 Å². The van der Waals surface area contributed by atoms with Crippen molar-refractivity contribution >= 4 is 50.8 Å². The molecule has 0 saturated carbocycles. The van der Waals surface area contributed by atoms with E-state index >= 15 is 0 Å². The lowest BCUT2D eigenvalue weighted by Gasteiger charge is -2.04. The molecule has 1 aliphatic heterocycles. The molecule has 1 heterocycles. The highest BCUT2D eigenvalue weighted by atomic mass is 79.9. The Hall–Kier alpha value is -1.78. The number of rotatable bonds is 3. The molecule has 1 aliphatic rings. The summed E-state index contributed by atoms with van der Waals surface area (Å²) in [7, 11) is 0. The number of alkyl halides is 1. The number of benzene rings is 2. The number of phenols is 1. The summed E-state index contributed by atoms with van der Waals surface area (Å²) in [6, 6.07) is 10.9. The van der Waals surface area contributed by atoms with Crippen molar-refractivity contribution in [2.24, 2.45) is 0 Å². The zero-order valence-electron chi connectivity index (χ0n) is 11.6. The van der Waals surface area contributed by atoms with Gasteiger partial charge < -0.3 is 10.4 Å². The van der Waals surface area contributed by atoms with Gasteiger partial charge in [-0.05, 0) is 48.4 Å². The summed E-state index contributed by atoms with van der Waals surface area (Å²) in [5.41, 5.74) is 3.83. The van der Waals surface area contributed by atoms with Crippen LogP contribution >= 0.6 is 27.5 Å². The molecule has 22 heavy (non-hydrogen) atoms. The van der Waals surface area contributed by atoms with Crippen molar-refractivity contribution in [1.29, 1.82) is 0 Å². The van der Waals surface area contributed by atoms with Gasteiger partial charge in [0.25, 0.3) is 5.91 Å². The fraction of sp³-hybridized carbons (Fsp3) is 0.118. The lowest BCUT2D eigenvalue weighted by molar-refractivity contribution is -0.110.